The highest BCUT2D eigenvalue weighted by molar-refractivity contribution is 6.40. The number of hydrogen-bond donors (Lipinski definition) is 1. The molecule has 0 unspecified atom stereocenters. The minimum Gasteiger partial charge on any atom is -0.325 e. The second-order valence-corrected chi connectivity index (χ2v) is 4.93. The number of rotatable bonds is 3. The monoisotopic (exact) mass is 311 g/mol. The van der Waals surface area contributed by atoms with Crippen LogP contribution in [0.1, 0.15) is 5.56 Å². The molecule has 20 heavy (non-hydrogen) atoms. The molecule has 7 heteroatoms. The van der Waals surface area contributed by atoms with Crippen LogP contribution >= 0.6 is 23.2 Å². The minimum absolute atomic E-state index is 0.0770. The first-order valence-corrected chi connectivity index (χ1v) is 6.50. The fourth-order valence-corrected chi connectivity index (χ4v) is 1.83. The quantitative estimate of drug-likeness (QED) is 0.886. The fraction of sp³-hybridized carbons (Fsp3) is 0.154. The van der Waals surface area contributed by atoms with E-state index in [0.29, 0.717) is 5.69 Å². The summed E-state index contributed by atoms with van der Waals surface area (Å²) in [4.78, 5) is 27.3. The van der Waals surface area contributed by atoms with Crippen molar-refractivity contribution in [1.82, 2.24) is 9.55 Å². The average Bonchev–Trinajstić information content (AvgIpc) is 2.42. The zero-order chi connectivity index (χ0) is 14.7. The predicted molar refractivity (Wildman–Crippen MR) is 78.3 cm³/mol. The van der Waals surface area contributed by atoms with E-state index in [9.17, 15) is 9.59 Å². The number of hydrogen-bond acceptors (Lipinski definition) is 3. The van der Waals surface area contributed by atoms with Crippen LogP contribution in [0.4, 0.5) is 5.69 Å². The molecule has 1 N–H and O–H groups in total. The molecule has 0 aliphatic heterocycles. The standard InChI is InChI=1S/C13H11Cl2N3O2/c1-8-2-4-9(5-3-8)17-10(19)6-18-7-16-12(15)11(14)13(18)20/h2-5,7H,6H2,1H3,(H,17,19). The maximum Gasteiger partial charge on any atom is 0.274 e. The van der Waals surface area contributed by atoms with Gasteiger partial charge in [0.15, 0.2) is 5.15 Å². The van der Waals surface area contributed by atoms with Crippen LogP contribution in [0.3, 0.4) is 0 Å². The van der Waals surface area contributed by atoms with Crippen molar-refractivity contribution in [3.8, 4) is 0 Å². The first kappa shape index (κ1) is 14.6. The maximum atomic E-state index is 11.8. The Bertz CT molecular complexity index is 696. The number of aryl methyl sites for hydroxylation is 1. The van der Waals surface area contributed by atoms with Crippen LogP contribution in [-0.2, 0) is 11.3 Å². The number of nitrogens with one attached hydrogen (secondary N) is 1. The minimum atomic E-state index is -0.550. The lowest BCUT2D eigenvalue weighted by atomic mass is 10.2. The van der Waals surface area contributed by atoms with E-state index in [2.05, 4.69) is 10.3 Å². The second kappa shape index (κ2) is 6.07. The Hall–Kier alpha value is -1.85. The fourth-order valence-electron chi connectivity index (χ4n) is 1.55. The molecule has 5 nitrogen and oxygen atoms in total. The van der Waals surface area contributed by atoms with Gasteiger partial charge in [0, 0.05) is 5.69 Å². The molecule has 0 aliphatic rings. The van der Waals surface area contributed by atoms with Crippen LogP contribution in [0, 0.1) is 6.92 Å². The van der Waals surface area contributed by atoms with E-state index in [-0.39, 0.29) is 22.6 Å². The summed E-state index contributed by atoms with van der Waals surface area (Å²) in [5.74, 6) is -0.351. The Balaban J connectivity index is 2.11. The molecule has 1 amide bonds. The van der Waals surface area contributed by atoms with Gasteiger partial charge in [0.05, 0.1) is 6.33 Å². The van der Waals surface area contributed by atoms with E-state index in [4.69, 9.17) is 23.2 Å². The number of amides is 1. The molecule has 0 atom stereocenters. The Morgan fingerprint density at radius 1 is 1.30 bits per heavy atom. The van der Waals surface area contributed by atoms with Gasteiger partial charge in [-0.25, -0.2) is 4.98 Å². The molecule has 0 bridgehead atoms. The van der Waals surface area contributed by atoms with Gasteiger partial charge in [-0.05, 0) is 19.1 Å². The molecule has 0 spiro atoms. The summed E-state index contributed by atoms with van der Waals surface area (Å²) in [5, 5.41) is 2.40. The van der Waals surface area contributed by atoms with Crippen molar-refractivity contribution < 1.29 is 4.79 Å². The smallest absolute Gasteiger partial charge is 0.274 e. The molecule has 1 aromatic heterocycles. The number of halogens is 2. The van der Waals surface area contributed by atoms with Gasteiger partial charge in [0.2, 0.25) is 5.91 Å². The van der Waals surface area contributed by atoms with Crippen molar-refractivity contribution in [2.45, 2.75) is 13.5 Å². The van der Waals surface area contributed by atoms with E-state index in [0.717, 1.165) is 10.1 Å². The Labute approximate surface area is 125 Å². The number of benzene rings is 1. The Morgan fingerprint density at radius 3 is 2.60 bits per heavy atom. The first-order valence-electron chi connectivity index (χ1n) is 5.74. The van der Waals surface area contributed by atoms with Gasteiger partial charge in [-0.1, -0.05) is 40.9 Å². The van der Waals surface area contributed by atoms with Crippen molar-refractivity contribution >= 4 is 34.8 Å². The highest BCUT2D eigenvalue weighted by Crippen LogP contribution is 2.13. The summed E-state index contributed by atoms with van der Waals surface area (Å²) >= 11 is 11.3. The molecular weight excluding hydrogens is 301 g/mol. The number of carbonyl (C=O) groups excluding carboxylic acids is 1. The molecule has 0 saturated carbocycles. The third-order valence-corrected chi connectivity index (χ3v) is 3.31. The van der Waals surface area contributed by atoms with Crippen molar-refractivity contribution in [2.75, 3.05) is 5.32 Å². The largest absolute Gasteiger partial charge is 0.325 e. The van der Waals surface area contributed by atoms with E-state index < -0.39 is 5.56 Å². The van der Waals surface area contributed by atoms with E-state index in [1.54, 1.807) is 12.1 Å². The lowest BCUT2D eigenvalue weighted by Crippen LogP contribution is -2.28. The van der Waals surface area contributed by atoms with Gasteiger partial charge in [-0.2, -0.15) is 0 Å². The van der Waals surface area contributed by atoms with Crippen LogP contribution < -0.4 is 10.9 Å². The summed E-state index contributed by atoms with van der Waals surface area (Å²) in [6.07, 6.45) is 1.19. The van der Waals surface area contributed by atoms with Crippen molar-refractivity contribution in [1.29, 1.82) is 0 Å². The lowest BCUT2D eigenvalue weighted by Gasteiger charge is -2.08. The molecule has 104 valence electrons. The molecule has 0 saturated heterocycles. The molecule has 0 fully saturated rings. The SMILES string of the molecule is Cc1ccc(NC(=O)Cn2cnc(Cl)c(Cl)c2=O)cc1. The predicted octanol–water partition coefficient (Wildman–Crippen LogP) is 2.50. The number of aromatic nitrogens is 2. The van der Waals surface area contributed by atoms with Crippen molar-refractivity contribution in [3.63, 3.8) is 0 Å². The highest BCUT2D eigenvalue weighted by Gasteiger charge is 2.10. The van der Waals surface area contributed by atoms with Crippen molar-refractivity contribution in [3.05, 3.63) is 56.7 Å². The molecule has 1 aromatic carbocycles. The zero-order valence-electron chi connectivity index (χ0n) is 10.6. The van der Waals surface area contributed by atoms with Crippen LogP contribution in [0.25, 0.3) is 0 Å². The Morgan fingerprint density at radius 2 is 1.95 bits per heavy atom. The number of anilines is 1. The second-order valence-electron chi connectivity index (χ2n) is 4.20. The van der Waals surface area contributed by atoms with Crippen LogP contribution in [0.5, 0.6) is 0 Å². The molecule has 2 aromatic rings. The zero-order valence-corrected chi connectivity index (χ0v) is 12.1. The van der Waals surface area contributed by atoms with E-state index in [1.807, 2.05) is 19.1 Å². The maximum absolute atomic E-state index is 11.8. The van der Waals surface area contributed by atoms with Gasteiger partial charge in [-0.15, -0.1) is 0 Å². The average molecular weight is 312 g/mol. The van der Waals surface area contributed by atoms with Gasteiger partial charge in [0.1, 0.15) is 11.6 Å². The van der Waals surface area contributed by atoms with Crippen molar-refractivity contribution in [2.24, 2.45) is 0 Å². The molecule has 0 aliphatic carbocycles. The number of carbonyl (C=O) groups is 1. The lowest BCUT2D eigenvalue weighted by molar-refractivity contribution is -0.116. The third-order valence-electron chi connectivity index (χ3n) is 2.59. The summed E-state index contributed by atoms with van der Waals surface area (Å²) in [6, 6.07) is 7.32. The summed E-state index contributed by atoms with van der Waals surface area (Å²) in [5.41, 5.74) is 1.19. The van der Waals surface area contributed by atoms with Gasteiger partial charge in [-0.3, -0.25) is 14.2 Å². The van der Waals surface area contributed by atoms with Crippen LogP contribution in [-0.4, -0.2) is 15.5 Å². The summed E-state index contributed by atoms with van der Waals surface area (Å²) in [6.45, 7) is 1.77. The van der Waals surface area contributed by atoms with Crippen LogP contribution in [0.15, 0.2) is 35.4 Å². The molecule has 2 rings (SSSR count). The summed E-state index contributed by atoms with van der Waals surface area (Å²) in [7, 11) is 0. The van der Waals surface area contributed by atoms with Gasteiger partial charge < -0.3 is 5.32 Å². The molecular formula is C13H11Cl2N3O2. The Kier molecular flexibility index (Phi) is 4.42. The van der Waals surface area contributed by atoms with E-state index in [1.165, 1.54) is 6.33 Å². The highest BCUT2D eigenvalue weighted by atomic mass is 35.5. The normalized spacial score (nSPS) is 10.3. The summed E-state index contributed by atoms with van der Waals surface area (Å²) < 4.78 is 1.09. The van der Waals surface area contributed by atoms with Gasteiger partial charge in [0.25, 0.3) is 5.56 Å². The first-order chi connectivity index (χ1) is 9.47. The molecule has 1 heterocycles. The molecule has 0 radical (unpaired) electrons. The van der Waals surface area contributed by atoms with Gasteiger partial charge >= 0.3 is 0 Å². The third kappa shape index (κ3) is 3.37. The van der Waals surface area contributed by atoms with E-state index >= 15 is 0 Å². The topological polar surface area (TPSA) is 64.0 Å². The number of nitrogens with zero attached hydrogens (tertiary/aromatic N) is 2. The van der Waals surface area contributed by atoms with Crippen LogP contribution in [0.2, 0.25) is 10.2 Å².